The predicted molar refractivity (Wildman–Crippen MR) is 72.9 cm³/mol. The van der Waals surface area contributed by atoms with Crippen LogP contribution in [0.2, 0.25) is 0 Å². The summed E-state index contributed by atoms with van der Waals surface area (Å²) >= 11 is 0. The average Bonchev–Trinajstić information content (AvgIpc) is 2.45. The van der Waals surface area contributed by atoms with Gasteiger partial charge < -0.3 is 15.0 Å². The van der Waals surface area contributed by atoms with E-state index < -0.39 is 0 Å². The molecule has 1 N–H and O–H groups in total. The maximum absolute atomic E-state index is 12.0. The van der Waals surface area contributed by atoms with Crippen LogP contribution in [0.3, 0.4) is 0 Å². The third kappa shape index (κ3) is 3.92. The van der Waals surface area contributed by atoms with E-state index in [1.807, 2.05) is 12.1 Å². The molecule has 0 aromatic carbocycles. The molecule has 1 aliphatic rings. The van der Waals surface area contributed by atoms with Crippen LogP contribution in [0, 0.1) is 11.8 Å². The van der Waals surface area contributed by atoms with Crippen molar-refractivity contribution in [3.05, 3.63) is 24.5 Å². The summed E-state index contributed by atoms with van der Waals surface area (Å²) in [6.07, 6.45) is 4.31. The Morgan fingerprint density at radius 3 is 3.05 bits per heavy atom. The largest absolute Gasteiger partial charge is 0.492 e. The normalized spacial score (nSPS) is 22.8. The van der Waals surface area contributed by atoms with Gasteiger partial charge in [0.15, 0.2) is 0 Å². The van der Waals surface area contributed by atoms with E-state index in [0.717, 1.165) is 25.3 Å². The first-order chi connectivity index (χ1) is 9.16. The molecule has 5 nitrogen and oxygen atoms in total. The van der Waals surface area contributed by atoms with Crippen LogP contribution in [0.15, 0.2) is 24.5 Å². The number of carbonyl (C=O) groups is 1. The number of piperidine rings is 1. The summed E-state index contributed by atoms with van der Waals surface area (Å²) in [5.74, 6) is 1.40. The smallest absolute Gasteiger partial charge is 0.226 e. The topological polar surface area (TPSA) is 54.5 Å². The number of carbonyl (C=O) groups excluding carboxylic acids is 1. The van der Waals surface area contributed by atoms with Crippen LogP contribution in [0.25, 0.3) is 0 Å². The molecule has 2 heterocycles. The monoisotopic (exact) mass is 263 g/mol. The molecule has 0 radical (unpaired) electrons. The predicted octanol–water partition coefficient (Wildman–Crippen LogP) is 0.774. The van der Waals surface area contributed by atoms with E-state index in [4.69, 9.17) is 4.74 Å². The Bertz CT molecular complexity index is 408. The lowest BCUT2D eigenvalue weighted by Gasteiger charge is -2.30. The van der Waals surface area contributed by atoms with E-state index >= 15 is 0 Å². The second-order valence-electron chi connectivity index (χ2n) is 5.19. The van der Waals surface area contributed by atoms with Gasteiger partial charge in [0.05, 0.1) is 18.7 Å². The summed E-state index contributed by atoms with van der Waals surface area (Å²) in [5, 5.41) is 3.31. The fourth-order valence-electron chi connectivity index (χ4n) is 2.36. The van der Waals surface area contributed by atoms with E-state index in [0.29, 0.717) is 12.5 Å². The van der Waals surface area contributed by atoms with Gasteiger partial charge in [-0.2, -0.15) is 0 Å². The number of amides is 1. The number of hydrogen-bond donors (Lipinski definition) is 1. The highest BCUT2D eigenvalue weighted by Gasteiger charge is 2.28. The van der Waals surface area contributed by atoms with Crippen molar-refractivity contribution < 1.29 is 9.53 Å². The molecular formula is C14H21N3O2. The molecule has 2 rings (SSSR count). The van der Waals surface area contributed by atoms with Crippen molar-refractivity contribution in [2.75, 3.05) is 33.8 Å². The molecule has 1 aromatic heterocycles. The number of aromatic nitrogens is 1. The number of rotatable bonds is 4. The molecule has 0 unspecified atom stereocenters. The van der Waals surface area contributed by atoms with Gasteiger partial charge in [-0.25, -0.2) is 0 Å². The zero-order valence-corrected chi connectivity index (χ0v) is 11.5. The molecule has 0 bridgehead atoms. The lowest BCUT2D eigenvalue weighted by atomic mass is 9.90. The molecular weight excluding hydrogens is 242 g/mol. The lowest BCUT2D eigenvalue weighted by molar-refractivity contribution is -0.134. The van der Waals surface area contributed by atoms with Gasteiger partial charge >= 0.3 is 0 Å². The Balaban J connectivity index is 1.83. The van der Waals surface area contributed by atoms with Gasteiger partial charge in [-0.3, -0.25) is 9.78 Å². The average molecular weight is 263 g/mol. The molecule has 0 aliphatic carbocycles. The van der Waals surface area contributed by atoms with E-state index in [2.05, 4.69) is 10.3 Å². The summed E-state index contributed by atoms with van der Waals surface area (Å²) in [4.78, 5) is 17.6. The Hall–Kier alpha value is -1.62. The quantitative estimate of drug-likeness (QED) is 0.872. The van der Waals surface area contributed by atoms with Crippen LogP contribution in [0.4, 0.5) is 0 Å². The molecule has 1 saturated heterocycles. The second-order valence-corrected chi connectivity index (χ2v) is 5.19. The SMILES string of the molecule is CN(C)C(=O)[C@H]1CNC[C@@H](COc2cccnc2)C1. The summed E-state index contributed by atoms with van der Waals surface area (Å²) in [6, 6.07) is 3.75. The van der Waals surface area contributed by atoms with Gasteiger partial charge in [-0.05, 0) is 18.6 Å². The molecule has 1 aliphatic heterocycles. The second kappa shape index (κ2) is 6.52. The van der Waals surface area contributed by atoms with Gasteiger partial charge in [0.1, 0.15) is 5.75 Å². The number of nitrogens with one attached hydrogen (secondary N) is 1. The summed E-state index contributed by atoms with van der Waals surface area (Å²) in [5.41, 5.74) is 0. The van der Waals surface area contributed by atoms with Gasteiger partial charge in [-0.1, -0.05) is 0 Å². The molecule has 0 saturated carbocycles. The van der Waals surface area contributed by atoms with E-state index in [-0.39, 0.29) is 11.8 Å². The van der Waals surface area contributed by atoms with Crippen LogP contribution < -0.4 is 10.1 Å². The minimum Gasteiger partial charge on any atom is -0.492 e. The molecule has 1 aromatic rings. The van der Waals surface area contributed by atoms with E-state index in [1.54, 1.807) is 31.4 Å². The summed E-state index contributed by atoms with van der Waals surface area (Å²) in [6.45, 7) is 2.29. The van der Waals surface area contributed by atoms with Crippen LogP contribution in [0.1, 0.15) is 6.42 Å². The summed E-state index contributed by atoms with van der Waals surface area (Å²) in [7, 11) is 3.61. The number of hydrogen-bond acceptors (Lipinski definition) is 4. The molecule has 2 atom stereocenters. The number of ether oxygens (including phenoxy) is 1. The van der Waals surface area contributed by atoms with Gasteiger partial charge in [-0.15, -0.1) is 0 Å². The molecule has 1 fully saturated rings. The Kier molecular flexibility index (Phi) is 4.74. The molecule has 19 heavy (non-hydrogen) atoms. The fraction of sp³-hybridized carbons (Fsp3) is 0.571. The van der Waals surface area contributed by atoms with Gasteiger partial charge in [0.25, 0.3) is 0 Å². The lowest BCUT2D eigenvalue weighted by Crippen LogP contribution is -2.45. The third-order valence-electron chi connectivity index (χ3n) is 3.35. The minimum atomic E-state index is 0.0613. The Morgan fingerprint density at radius 1 is 1.53 bits per heavy atom. The highest BCUT2D eigenvalue weighted by atomic mass is 16.5. The maximum atomic E-state index is 12.0. The first-order valence-electron chi connectivity index (χ1n) is 6.61. The first kappa shape index (κ1) is 13.8. The zero-order chi connectivity index (χ0) is 13.7. The maximum Gasteiger partial charge on any atom is 0.226 e. The van der Waals surface area contributed by atoms with E-state index in [9.17, 15) is 4.79 Å². The molecule has 1 amide bonds. The van der Waals surface area contributed by atoms with Crippen molar-refractivity contribution in [2.24, 2.45) is 11.8 Å². The van der Waals surface area contributed by atoms with Crippen molar-refractivity contribution >= 4 is 5.91 Å². The molecule has 0 spiro atoms. The van der Waals surface area contributed by atoms with Crippen molar-refractivity contribution in [1.82, 2.24) is 15.2 Å². The van der Waals surface area contributed by atoms with Crippen molar-refractivity contribution in [3.63, 3.8) is 0 Å². The number of pyridine rings is 1. The highest BCUT2D eigenvalue weighted by molar-refractivity contribution is 5.78. The minimum absolute atomic E-state index is 0.0613. The first-order valence-corrected chi connectivity index (χ1v) is 6.61. The number of nitrogens with zero attached hydrogens (tertiary/aromatic N) is 2. The van der Waals surface area contributed by atoms with Gasteiger partial charge in [0.2, 0.25) is 5.91 Å². The van der Waals surface area contributed by atoms with E-state index in [1.165, 1.54) is 0 Å². The van der Waals surface area contributed by atoms with Crippen molar-refractivity contribution in [3.8, 4) is 5.75 Å². The van der Waals surface area contributed by atoms with Crippen LogP contribution >= 0.6 is 0 Å². The van der Waals surface area contributed by atoms with Gasteiger partial charge in [0, 0.05) is 39.3 Å². The Morgan fingerprint density at radius 2 is 2.37 bits per heavy atom. The van der Waals surface area contributed by atoms with Crippen LogP contribution in [0.5, 0.6) is 5.75 Å². The Labute approximate surface area is 114 Å². The van der Waals surface area contributed by atoms with Crippen LogP contribution in [-0.2, 0) is 4.79 Å². The fourth-order valence-corrected chi connectivity index (χ4v) is 2.36. The summed E-state index contributed by atoms with van der Waals surface area (Å²) < 4.78 is 5.71. The van der Waals surface area contributed by atoms with Crippen LogP contribution in [-0.4, -0.2) is 49.6 Å². The standard InChI is InChI=1S/C14H21N3O2/c1-17(2)14(18)12-6-11(7-16-8-12)10-19-13-4-3-5-15-9-13/h3-5,9,11-12,16H,6-8,10H2,1-2H3/t11-,12+/m0/s1. The van der Waals surface area contributed by atoms with Crippen molar-refractivity contribution in [2.45, 2.75) is 6.42 Å². The highest BCUT2D eigenvalue weighted by Crippen LogP contribution is 2.19. The van der Waals surface area contributed by atoms with Crippen molar-refractivity contribution in [1.29, 1.82) is 0 Å². The third-order valence-corrected chi connectivity index (χ3v) is 3.35. The molecule has 5 heteroatoms. The zero-order valence-electron chi connectivity index (χ0n) is 11.5. The molecule has 104 valence electrons.